The monoisotopic (exact) mass is 371 g/mol. The van der Waals surface area contributed by atoms with Crippen LogP contribution in [0.5, 0.6) is 0 Å². The van der Waals surface area contributed by atoms with Gasteiger partial charge in [0.15, 0.2) is 0 Å². The standard InChI is InChI=1S/C18H19BFN3O2S/c1-11-10-14(20)8-9-15(11)18(2)16(12-4-6-13(19)7-5-12)26(24,25)23(3)17(21)22-18/h4-10,16H,1-3H3,(H2,21,22)/t16-,18-/m1/s1. The molecule has 0 fully saturated rings. The maximum absolute atomic E-state index is 13.6. The minimum Gasteiger partial charge on any atom is -0.369 e. The molecule has 0 saturated carbocycles. The fourth-order valence-corrected chi connectivity index (χ4v) is 5.39. The van der Waals surface area contributed by atoms with Gasteiger partial charge in [0.1, 0.15) is 24.5 Å². The molecule has 134 valence electrons. The van der Waals surface area contributed by atoms with Gasteiger partial charge in [-0.2, -0.15) is 0 Å². The topological polar surface area (TPSA) is 75.8 Å². The molecule has 0 aliphatic carbocycles. The van der Waals surface area contributed by atoms with E-state index in [0.29, 0.717) is 22.2 Å². The minimum absolute atomic E-state index is 0.108. The Kier molecular flexibility index (Phi) is 4.34. The predicted molar refractivity (Wildman–Crippen MR) is 101 cm³/mol. The smallest absolute Gasteiger partial charge is 0.247 e. The number of aliphatic imine (C=N–C) groups is 1. The van der Waals surface area contributed by atoms with Crippen LogP contribution in [0.3, 0.4) is 0 Å². The van der Waals surface area contributed by atoms with Crippen molar-refractivity contribution < 1.29 is 12.8 Å². The van der Waals surface area contributed by atoms with E-state index >= 15 is 0 Å². The molecular formula is C18H19BFN3O2S. The molecular weight excluding hydrogens is 352 g/mol. The van der Waals surface area contributed by atoms with Gasteiger partial charge in [0.05, 0.1) is 0 Å². The van der Waals surface area contributed by atoms with Gasteiger partial charge in [0.25, 0.3) is 0 Å². The Balaban J connectivity index is 2.33. The summed E-state index contributed by atoms with van der Waals surface area (Å²) in [5.41, 5.74) is 6.96. The number of rotatable bonds is 2. The van der Waals surface area contributed by atoms with Gasteiger partial charge >= 0.3 is 0 Å². The average molecular weight is 371 g/mol. The molecule has 2 radical (unpaired) electrons. The highest BCUT2D eigenvalue weighted by Gasteiger charge is 2.51. The lowest BCUT2D eigenvalue weighted by atomic mass is 9.82. The van der Waals surface area contributed by atoms with E-state index in [1.54, 1.807) is 44.2 Å². The lowest BCUT2D eigenvalue weighted by Crippen LogP contribution is -2.52. The Morgan fingerprint density at radius 2 is 1.85 bits per heavy atom. The summed E-state index contributed by atoms with van der Waals surface area (Å²) in [6.07, 6.45) is 0. The number of aryl methyl sites for hydroxylation is 1. The number of sulfonamides is 1. The van der Waals surface area contributed by atoms with Crippen molar-refractivity contribution in [1.82, 2.24) is 4.31 Å². The maximum atomic E-state index is 13.6. The third kappa shape index (κ3) is 2.78. The zero-order valence-electron chi connectivity index (χ0n) is 14.8. The molecule has 0 spiro atoms. The number of hydrogen-bond acceptors (Lipinski definition) is 4. The maximum Gasteiger partial charge on any atom is 0.247 e. The van der Waals surface area contributed by atoms with Gasteiger partial charge in [-0.1, -0.05) is 35.8 Å². The van der Waals surface area contributed by atoms with Crippen molar-refractivity contribution in [2.75, 3.05) is 7.05 Å². The fraction of sp³-hybridized carbons (Fsp3) is 0.278. The molecule has 0 saturated heterocycles. The van der Waals surface area contributed by atoms with Gasteiger partial charge in [0, 0.05) is 7.05 Å². The number of nitrogens with two attached hydrogens (primary N) is 1. The summed E-state index contributed by atoms with van der Waals surface area (Å²) < 4.78 is 41.0. The molecule has 3 rings (SSSR count). The van der Waals surface area contributed by atoms with Crippen molar-refractivity contribution in [2.24, 2.45) is 10.7 Å². The van der Waals surface area contributed by atoms with Gasteiger partial charge in [0.2, 0.25) is 16.0 Å². The van der Waals surface area contributed by atoms with Crippen LogP contribution in [0.2, 0.25) is 0 Å². The Morgan fingerprint density at radius 3 is 2.42 bits per heavy atom. The molecule has 0 bridgehead atoms. The van der Waals surface area contributed by atoms with Crippen molar-refractivity contribution in [3.8, 4) is 0 Å². The highest BCUT2D eigenvalue weighted by atomic mass is 32.2. The van der Waals surface area contributed by atoms with E-state index in [0.717, 1.165) is 4.31 Å². The van der Waals surface area contributed by atoms with Crippen LogP contribution in [0, 0.1) is 12.7 Å². The van der Waals surface area contributed by atoms with Gasteiger partial charge in [-0.15, -0.1) is 0 Å². The first kappa shape index (κ1) is 18.4. The van der Waals surface area contributed by atoms with Crippen LogP contribution in [0.1, 0.15) is 28.9 Å². The summed E-state index contributed by atoms with van der Waals surface area (Å²) in [5, 5.41) is -1.03. The summed E-state index contributed by atoms with van der Waals surface area (Å²) in [5.74, 6) is -0.505. The van der Waals surface area contributed by atoms with Crippen molar-refractivity contribution in [3.05, 3.63) is 65.0 Å². The van der Waals surface area contributed by atoms with Crippen LogP contribution in [0.4, 0.5) is 4.39 Å². The lowest BCUT2D eigenvalue weighted by Gasteiger charge is -2.42. The quantitative estimate of drug-likeness (QED) is 0.813. The molecule has 2 atom stereocenters. The number of halogens is 1. The molecule has 26 heavy (non-hydrogen) atoms. The molecule has 2 aromatic rings. The largest absolute Gasteiger partial charge is 0.369 e. The van der Waals surface area contributed by atoms with Crippen LogP contribution in [-0.2, 0) is 15.6 Å². The van der Waals surface area contributed by atoms with Crippen LogP contribution in [0.25, 0.3) is 0 Å². The first-order valence-corrected chi connectivity index (χ1v) is 9.53. The first-order chi connectivity index (χ1) is 12.1. The number of guanidine groups is 1. The fourth-order valence-electron chi connectivity index (χ4n) is 3.51. The van der Waals surface area contributed by atoms with E-state index in [4.69, 9.17) is 13.6 Å². The average Bonchev–Trinajstić information content (AvgIpc) is 2.54. The summed E-state index contributed by atoms with van der Waals surface area (Å²) in [6.45, 7) is 3.42. The van der Waals surface area contributed by atoms with Crippen LogP contribution < -0.4 is 11.2 Å². The van der Waals surface area contributed by atoms with Gasteiger partial charge in [-0.25, -0.2) is 22.1 Å². The predicted octanol–water partition coefficient (Wildman–Crippen LogP) is 1.47. The van der Waals surface area contributed by atoms with Gasteiger partial charge in [-0.3, -0.25) is 0 Å². The third-order valence-electron chi connectivity index (χ3n) is 4.83. The number of nitrogens with zero attached hydrogens (tertiary/aromatic N) is 2. The second-order valence-corrected chi connectivity index (χ2v) is 8.68. The number of benzene rings is 2. The highest BCUT2D eigenvalue weighted by molar-refractivity contribution is 7.90. The summed E-state index contributed by atoms with van der Waals surface area (Å²) in [7, 11) is 3.26. The molecule has 0 amide bonds. The summed E-state index contributed by atoms with van der Waals surface area (Å²) in [6, 6.07) is 10.8. The molecule has 2 aromatic carbocycles. The molecule has 1 heterocycles. The normalized spacial score (nSPS) is 25.0. The molecule has 8 heteroatoms. The first-order valence-electron chi connectivity index (χ1n) is 8.02. The molecule has 0 unspecified atom stereocenters. The lowest BCUT2D eigenvalue weighted by molar-refractivity contribution is 0.411. The van der Waals surface area contributed by atoms with Crippen molar-refractivity contribution in [1.29, 1.82) is 0 Å². The van der Waals surface area contributed by atoms with E-state index in [2.05, 4.69) is 4.99 Å². The third-order valence-corrected chi connectivity index (χ3v) is 7.11. The Hall–Kier alpha value is -2.35. The van der Waals surface area contributed by atoms with Crippen LogP contribution in [0.15, 0.2) is 47.5 Å². The minimum atomic E-state index is -3.86. The van der Waals surface area contributed by atoms with Gasteiger partial charge < -0.3 is 5.73 Å². The zero-order chi connectivity index (χ0) is 19.3. The Labute approximate surface area is 154 Å². The molecule has 5 nitrogen and oxygen atoms in total. The molecule has 1 aliphatic rings. The highest BCUT2D eigenvalue weighted by Crippen LogP contribution is 2.48. The summed E-state index contributed by atoms with van der Waals surface area (Å²) >= 11 is 0. The van der Waals surface area contributed by atoms with E-state index < -0.39 is 26.6 Å². The second-order valence-electron chi connectivity index (χ2n) is 6.64. The second kappa shape index (κ2) is 6.12. The summed E-state index contributed by atoms with van der Waals surface area (Å²) in [4.78, 5) is 4.52. The molecule has 0 aromatic heterocycles. The Morgan fingerprint density at radius 1 is 1.23 bits per heavy atom. The number of hydrogen-bond donors (Lipinski definition) is 1. The van der Waals surface area contributed by atoms with E-state index in [1.807, 2.05) is 0 Å². The van der Waals surface area contributed by atoms with Crippen LogP contribution >= 0.6 is 0 Å². The van der Waals surface area contributed by atoms with Crippen molar-refractivity contribution in [3.63, 3.8) is 0 Å². The van der Waals surface area contributed by atoms with Crippen LogP contribution in [-0.4, -0.2) is 33.6 Å². The van der Waals surface area contributed by atoms with Crippen molar-refractivity contribution in [2.45, 2.75) is 24.6 Å². The SMILES string of the molecule is [B]c1ccc([C@@H]2[C@@](C)(c3ccc(F)cc3C)N=C(N)N(C)S2(=O)=O)cc1. The van der Waals surface area contributed by atoms with Crippen molar-refractivity contribution >= 4 is 29.3 Å². The van der Waals surface area contributed by atoms with Gasteiger partial charge in [-0.05, 0) is 42.7 Å². The zero-order valence-corrected chi connectivity index (χ0v) is 15.6. The molecule has 2 N–H and O–H groups in total. The van der Waals surface area contributed by atoms with E-state index in [1.165, 1.54) is 19.2 Å². The van der Waals surface area contributed by atoms with E-state index in [9.17, 15) is 12.8 Å². The Bertz CT molecular complexity index is 992. The molecule has 1 aliphatic heterocycles. The van der Waals surface area contributed by atoms with E-state index in [-0.39, 0.29) is 5.96 Å².